The summed E-state index contributed by atoms with van der Waals surface area (Å²) in [7, 11) is 0. The van der Waals surface area contributed by atoms with E-state index in [1.165, 1.54) is 6.07 Å². The van der Waals surface area contributed by atoms with Gasteiger partial charge in [0, 0.05) is 25.2 Å². The molecule has 3 nitrogen and oxygen atoms in total. The van der Waals surface area contributed by atoms with E-state index in [4.69, 9.17) is 10.5 Å². The molecule has 0 saturated carbocycles. The molecule has 0 aliphatic heterocycles. The molecule has 0 aliphatic carbocycles. The molecule has 0 spiro atoms. The van der Waals surface area contributed by atoms with Gasteiger partial charge in [0.25, 0.3) is 0 Å². The molecule has 108 valence electrons. The van der Waals surface area contributed by atoms with E-state index >= 15 is 0 Å². The Labute approximate surface area is 115 Å². The highest BCUT2D eigenvalue weighted by atomic mass is 19.1. The average molecular weight is 268 g/mol. The maximum atomic E-state index is 13.4. The topological polar surface area (TPSA) is 38.5 Å². The predicted molar refractivity (Wildman–Crippen MR) is 76.5 cm³/mol. The van der Waals surface area contributed by atoms with Gasteiger partial charge >= 0.3 is 0 Å². The summed E-state index contributed by atoms with van der Waals surface area (Å²) in [5.41, 5.74) is 7.02. The van der Waals surface area contributed by atoms with Crippen molar-refractivity contribution >= 4 is 0 Å². The summed E-state index contributed by atoms with van der Waals surface area (Å²) in [5, 5.41) is 0. The van der Waals surface area contributed by atoms with Crippen LogP contribution < -0.4 is 5.73 Å². The zero-order valence-electron chi connectivity index (χ0n) is 12.1. The fourth-order valence-electron chi connectivity index (χ4n) is 2.36. The maximum absolute atomic E-state index is 13.4. The van der Waals surface area contributed by atoms with E-state index in [2.05, 4.69) is 11.8 Å². The van der Waals surface area contributed by atoms with Crippen LogP contribution in [0.1, 0.15) is 32.4 Å². The third-order valence-electron chi connectivity index (χ3n) is 3.21. The Balaban J connectivity index is 2.85. The van der Waals surface area contributed by atoms with Crippen LogP contribution in [0.15, 0.2) is 24.3 Å². The number of likely N-dealkylation sites (N-methyl/N-ethyl adjacent to an activating group) is 1. The standard InChI is InChI=1S/C15H25FN2O/c1-4-18(9-10-19-5-2)15(12(3)17)13-7-6-8-14(16)11-13/h6-8,11-12,15H,4-5,9-10,17H2,1-3H3. The number of halogens is 1. The van der Waals surface area contributed by atoms with Crippen LogP contribution in [0.3, 0.4) is 0 Å². The fourth-order valence-corrected chi connectivity index (χ4v) is 2.36. The van der Waals surface area contributed by atoms with Crippen LogP contribution in [-0.2, 0) is 4.74 Å². The highest BCUT2D eigenvalue weighted by Crippen LogP contribution is 2.23. The van der Waals surface area contributed by atoms with E-state index in [1.54, 1.807) is 12.1 Å². The molecule has 2 atom stereocenters. The monoisotopic (exact) mass is 268 g/mol. The number of hydrogen-bond acceptors (Lipinski definition) is 3. The van der Waals surface area contributed by atoms with Crippen molar-refractivity contribution in [3.8, 4) is 0 Å². The summed E-state index contributed by atoms with van der Waals surface area (Å²) in [6, 6.07) is 6.64. The Morgan fingerprint density at radius 3 is 2.63 bits per heavy atom. The molecule has 0 amide bonds. The lowest BCUT2D eigenvalue weighted by Gasteiger charge is -2.33. The minimum absolute atomic E-state index is 0.0150. The van der Waals surface area contributed by atoms with Gasteiger partial charge < -0.3 is 10.5 Å². The van der Waals surface area contributed by atoms with Gasteiger partial charge in [-0.25, -0.2) is 4.39 Å². The van der Waals surface area contributed by atoms with Crippen LogP contribution >= 0.6 is 0 Å². The summed E-state index contributed by atoms with van der Waals surface area (Å²) >= 11 is 0. The molecule has 1 aromatic rings. The highest BCUT2D eigenvalue weighted by Gasteiger charge is 2.23. The minimum Gasteiger partial charge on any atom is -0.380 e. The Kier molecular flexibility index (Phi) is 6.99. The molecule has 1 rings (SSSR count). The van der Waals surface area contributed by atoms with Gasteiger partial charge in [0.15, 0.2) is 0 Å². The molecule has 4 heteroatoms. The van der Waals surface area contributed by atoms with Crippen LogP contribution in [0.2, 0.25) is 0 Å². The van der Waals surface area contributed by atoms with Gasteiger partial charge in [-0.15, -0.1) is 0 Å². The quantitative estimate of drug-likeness (QED) is 0.736. The predicted octanol–water partition coefficient (Wildman–Crippen LogP) is 2.57. The zero-order chi connectivity index (χ0) is 14.3. The summed E-state index contributed by atoms with van der Waals surface area (Å²) in [5.74, 6) is -0.219. The van der Waals surface area contributed by atoms with Crippen molar-refractivity contribution in [3.63, 3.8) is 0 Å². The molecule has 0 fully saturated rings. The number of rotatable bonds is 8. The van der Waals surface area contributed by atoms with Gasteiger partial charge in [0.2, 0.25) is 0 Å². The number of hydrogen-bond donors (Lipinski definition) is 1. The van der Waals surface area contributed by atoms with Gasteiger partial charge in [0.1, 0.15) is 5.82 Å². The number of ether oxygens (including phenoxy) is 1. The van der Waals surface area contributed by atoms with Crippen LogP contribution in [0, 0.1) is 5.82 Å². The molecule has 1 aromatic carbocycles. The van der Waals surface area contributed by atoms with Crippen LogP contribution in [0.4, 0.5) is 4.39 Å². The lowest BCUT2D eigenvalue weighted by molar-refractivity contribution is 0.0908. The van der Waals surface area contributed by atoms with Crippen molar-refractivity contribution in [3.05, 3.63) is 35.6 Å². The van der Waals surface area contributed by atoms with Crippen molar-refractivity contribution in [1.29, 1.82) is 0 Å². The Bertz CT molecular complexity index is 371. The van der Waals surface area contributed by atoms with E-state index in [0.717, 1.165) is 18.7 Å². The molecular weight excluding hydrogens is 243 g/mol. The molecule has 0 bridgehead atoms. The molecule has 0 radical (unpaired) electrons. The van der Waals surface area contributed by atoms with E-state index in [-0.39, 0.29) is 17.9 Å². The third kappa shape index (κ3) is 4.90. The fraction of sp³-hybridized carbons (Fsp3) is 0.600. The van der Waals surface area contributed by atoms with E-state index in [0.29, 0.717) is 13.2 Å². The molecule has 2 unspecified atom stereocenters. The average Bonchev–Trinajstić information content (AvgIpc) is 2.37. The Morgan fingerprint density at radius 2 is 2.11 bits per heavy atom. The first kappa shape index (κ1) is 16.1. The van der Waals surface area contributed by atoms with E-state index in [9.17, 15) is 4.39 Å². The smallest absolute Gasteiger partial charge is 0.123 e. The van der Waals surface area contributed by atoms with E-state index < -0.39 is 0 Å². The summed E-state index contributed by atoms with van der Waals surface area (Å²) in [6.45, 7) is 9.05. The Hall–Kier alpha value is -0.970. The van der Waals surface area contributed by atoms with Crippen molar-refractivity contribution in [1.82, 2.24) is 4.90 Å². The van der Waals surface area contributed by atoms with Crippen LogP contribution in [-0.4, -0.2) is 37.2 Å². The van der Waals surface area contributed by atoms with Crippen molar-refractivity contribution in [2.24, 2.45) is 5.73 Å². The number of benzene rings is 1. The second kappa shape index (κ2) is 8.25. The van der Waals surface area contributed by atoms with E-state index in [1.807, 2.05) is 19.9 Å². The molecule has 0 heterocycles. The molecule has 0 aliphatic rings. The second-order valence-corrected chi connectivity index (χ2v) is 4.68. The molecular formula is C15H25FN2O. The minimum atomic E-state index is -0.219. The lowest BCUT2D eigenvalue weighted by atomic mass is 9.99. The Morgan fingerprint density at radius 1 is 1.37 bits per heavy atom. The van der Waals surface area contributed by atoms with Gasteiger partial charge in [-0.2, -0.15) is 0 Å². The largest absolute Gasteiger partial charge is 0.380 e. The number of nitrogens with zero attached hydrogens (tertiary/aromatic N) is 1. The molecule has 2 N–H and O–H groups in total. The lowest BCUT2D eigenvalue weighted by Crippen LogP contribution is -2.41. The van der Waals surface area contributed by atoms with Crippen LogP contribution in [0.5, 0.6) is 0 Å². The van der Waals surface area contributed by atoms with Crippen molar-refractivity contribution in [2.45, 2.75) is 32.9 Å². The second-order valence-electron chi connectivity index (χ2n) is 4.68. The van der Waals surface area contributed by atoms with Gasteiger partial charge in [0.05, 0.1) is 6.61 Å². The zero-order valence-corrected chi connectivity index (χ0v) is 12.1. The number of nitrogens with two attached hydrogens (primary N) is 1. The first-order valence-corrected chi connectivity index (χ1v) is 6.93. The van der Waals surface area contributed by atoms with Gasteiger partial charge in [-0.05, 0) is 38.1 Å². The SMILES string of the molecule is CCOCCN(CC)C(c1cccc(F)c1)C(C)N. The maximum Gasteiger partial charge on any atom is 0.123 e. The summed E-state index contributed by atoms with van der Waals surface area (Å²) in [4.78, 5) is 2.23. The summed E-state index contributed by atoms with van der Waals surface area (Å²) in [6.07, 6.45) is 0. The first-order chi connectivity index (χ1) is 9.10. The van der Waals surface area contributed by atoms with Gasteiger partial charge in [-0.3, -0.25) is 4.90 Å². The first-order valence-electron chi connectivity index (χ1n) is 6.93. The molecule has 0 aromatic heterocycles. The van der Waals surface area contributed by atoms with Gasteiger partial charge in [-0.1, -0.05) is 19.1 Å². The third-order valence-corrected chi connectivity index (χ3v) is 3.21. The molecule has 19 heavy (non-hydrogen) atoms. The summed E-state index contributed by atoms with van der Waals surface area (Å²) < 4.78 is 18.8. The van der Waals surface area contributed by atoms with Crippen molar-refractivity contribution < 1.29 is 9.13 Å². The molecule has 0 saturated heterocycles. The highest BCUT2D eigenvalue weighted by molar-refractivity contribution is 5.21. The van der Waals surface area contributed by atoms with Crippen LogP contribution in [0.25, 0.3) is 0 Å². The normalized spacial score (nSPS) is 14.6. The van der Waals surface area contributed by atoms with Crippen molar-refractivity contribution in [2.75, 3.05) is 26.3 Å².